The molecule has 0 unspecified atom stereocenters. The number of morpholine rings is 1. The zero-order valence-electron chi connectivity index (χ0n) is 22.0. The van der Waals surface area contributed by atoms with Gasteiger partial charge in [0.15, 0.2) is 5.82 Å². The molecule has 4 rings (SSSR count). The van der Waals surface area contributed by atoms with Crippen molar-refractivity contribution in [2.24, 2.45) is 0 Å². The second-order valence-corrected chi connectivity index (χ2v) is 10.9. The van der Waals surface area contributed by atoms with E-state index in [0.29, 0.717) is 23.9 Å². The molecule has 0 atom stereocenters. The molecule has 1 aromatic heterocycles. The predicted molar refractivity (Wildman–Crippen MR) is 152 cm³/mol. The van der Waals surface area contributed by atoms with Crippen molar-refractivity contribution >= 4 is 33.5 Å². The Hall–Kier alpha value is -3.32. The molecule has 2 amide bonds. The van der Waals surface area contributed by atoms with Crippen LogP contribution in [0.25, 0.3) is 0 Å². The Balaban J connectivity index is 1.24. The first-order valence-electron chi connectivity index (χ1n) is 12.7. The summed E-state index contributed by atoms with van der Waals surface area (Å²) in [6, 6.07) is 14.5. The number of nitrogens with one attached hydrogen (secondary N) is 2. The number of rotatable bonds is 7. The molecule has 0 aliphatic carbocycles. The van der Waals surface area contributed by atoms with Crippen molar-refractivity contribution in [3.05, 3.63) is 69.9 Å². The molecule has 0 radical (unpaired) electrons. The number of nitrogens with zero attached hydrogens (tertiary/aromatic N) is 2. The molecule has 1 saturated heterocycles. The van der Waals surface area contributed by atoms with Crippen molar-refractivity contribution in [2.45, 2.75) is 32.6 Å². The number of amides is 2. The Morgan fingerprint density at radius 1 is 1.05 bits per heavy atom. The number of hydrogen-bond donors (Lipinski definition) is 2. The summed E-state index contributed by atoms with van der Waals surface area (Å²) in [5.41, 5.74) is 2.17. The Morgan fingerprint density at radius 2 is 1.76 bits per heavy atom. The maximum Gasteiger partial charge on any atom is 0.324 e. The zero-order chi connectivity index (χ0) is 27.0. The average Bonchev–Trinajstić information content (AvgIpc) is 3.37. The van der Waals surface area contributed by atoms with Gasteiger partial charge in [0, 0.05) is 47.9 Å². The van der Waals surface area contributed by atoms with Gasteiger partial charge in [-0.05, 0) is 64.8 Å². The van der Waals surface area contributed by atoms with Gasteiger partial charge in [0.2, 0.25) is 0 Å². The van der Waals surface area contributed by atoms with Crippen LogP contribution in [0.1, 0.15) is 44.1 Å². The topological polar surface area (TPSA) is 88.9 Å². The molecule has 8 nitrogen and oxygen atoms in total. The van der Waals surface area contributed by atoms with E-state index in [1.165, 1.54) is 0 Å². The van der Waals surface area contributed by atoms with Crippen LogP contribution < -0.4 is 15.4 Å². The summed E-state index contributed by atoms with van der Waals surface area (Å²) in [6.07, 6.45) is 0.971. The first kappa shape index (κ1) is 27.7. The van der Waals surface area contributed by atoms with E-state index in [-0.39, 0.29) is 5.41 Å². The number of halogens is 1. The van der Waals surface area contributed by atoms with E-state index < -0.39 is 6.03 Å². The normalized spacial score (nSPS) is 13.9. The molecule has 1 fully saturated rings. The van der Waals surface area contributed by atoms with Gasteiger partial charge in [-0.25, -0.2) is 4.79 Å². The van der Waals surface area contributed by atoms with Crippen LogP contribution in [0.5, 0.6) is 5.75 Å². The highest BCUT2D eigenvalue weighted by Crippen LogP contribution is 2.26. The van der Waals surface area contributed by atoms with Crippen LogP contribution >= 0.6 is 15.9 Å². The number of ether oxygens (including phenoxy) is 2. The lowest BCUT2D eigenvalue weighted by Gasteiger charge is -2.26. The molecule has 2 N–H and O–H groups in total. The van der Waals surface area contributed by atoms with Gasteiger partial charge in [0.05, 0.1) is 24.3 Å². The fourth-order valence-corrected chi connectivity index (χ4v) is 4.23. The van der Waals surface area contributed by atoms with Crippen LogP contribution in [0.3, 0.4) is 0 Å². The Kier molecular flexibility index (Phi) is 9.45. The number of hydrogen-bond acceptors (Lipinski definition) is 6. The van der Waals surface area contributed by atoms with Gasteiger partial charge < -0.3 is 19.3 Å². The van der Waals surface area contributed by atoms with E-state index in [0.717, 1.165) is 60.6 Å². The molecule has 200 valence electrons. The summed E-state index contributed by atoms with van der Waals surface area (Å²) in [4.78, 5) is 14.7. The summed E-state index contributed by atoms with van der Waals surface area (Å²) in [5, 5.41) is 9.36. The fourth-order valence-electron chi connectivity index (χ4n) is 3.74. The zero-order valence-corrected chi connectivity index (χ0v) is 23.6. The highest BCUT2D eigenvalue weighted by molar-refractivity contribution is 9.10. The van der Waals surface area contributed by atoms with Crippen molar-refractivity contribution < 1.29 is 18.8 Å². The molecule has 2 heterocycles. The van der Waals surface area contributed by atoms with E-state index in [9.17, 15) is 4.79 Å². The van der Waals surface area contributed by atoms with Crippen molar-refractivity contribution in [3.63, 3.8) is 0 Å². The maximum absolute atomic E-state index is 12.3. The van der Waals surface area contributed by atoms with Crippen LogP contribution in [0.15, 0.2) is 57.5 Å². The van der Waals surface area contributed by atoms with Crippen molar-refractivity contribution in [1.29, 1.82) is 0 Å². The number of urea groups is 1. The molecule has 9 heteroatoms. The van der Waals surface area contributed by atoms with E-state index in [4.69, 9.17) is 14.0 Å². The van der Waals surface area contributed by atoms with Crippen LogP contribution in [0, 0.1) is 11.8 Å². The molecular formula is C29H33BrN4O4. The molecular weight excluding hydrogens is 548 g/mol. The Morgan fingerprint density at radius 3 is 2.45 bits per heavy atom. The predicted octanol–water partition coefficient (Wildman–Crippen LogP) is 5.88. The van der Waals surface area contributed by atoms with Crippen molar-refractivity contribution in [1.82, 2.24) is 10.1 Å². The van der Waals surface area contributed by atoms with E-state index in [1.807, 2.05) is 51.1 Å². The average molecular weight is 582 g/mol. The molecule has 2 aromatic carbocycles. The summed E-state index contributed by atoms with van der Waals surface area (Å²) < 4.78 is 17.5. The second kappa shape index (κ2) is 13.0. The lowest BCUT2D eigenvalue weighted by atomic mass is 9.93. The monoisotopic (exact) mass is 580 g/mol. The van der Waals surface area contributed by atoms with Gasteiger partial charge in [-0.15, -0.1) is 0 Å². The molecule has 0 saturated carbocycles. The molecule has 0 bridgehead atoms. The minimum atomic E-state index is -0.397. The largest absolute Gasteiger partial charge is 0.492 e. The Bertz CT molecular complexity index is 1280. The highest BCUT2D eigenvalue weighted by atomic mass is 79.9. The fraction of sp³-hybridized carbons (Fsp3) is 0.379. The van der Waals surface area contributed by atoms with Crippen LogP contribution in [-0.2, 0) is 10.2 Å². The summed E-state index contributed by atoms with van der Waals surface area (Å²) in [6.45, 7) is 11.3. The van der Waals surface area contributed by atoms with Gasteiger partial charge in [0.25, 0.3) is 0 Å². The molecule has 38 heavy (non-hydrogen) atoms. The molecule has 3 aromatic rings. The van der Waals surface area contributed by atoms with Gasteiger partial charge in [-0.2, -0.15) is 0 Å². The minimum Gasteiger partial charge on any atom is -0.492 e. The van der Waals surface area contributed by atoms with Crippen molar-refractivity contribution in [2.75, 3.05) is 50.1 Å². The second-order valence-electron chi connectivity index (χ2n) is 10.0. The standard InChI is InChI=1S/C29H33BrN4O4/c1-29(2,3)26-20-27(33-38-26)32-28(35)31-23-10-7-21(8-11-23)5-6-22-9-12-25(24(30)19-22)37-16-4-13-34-14-17-36-18-15-34/h7-12,19-20H,4,13-18H2,1-3H3,(H2,31,32,33,35). The number of carbonyl (C=O) groups excluding carboxylic acids is 1. The summed E-state index contributed by atoms with van der Waals surface area (Å²) in [5.74, 6) is 8.21. The smallest absolute Gasteiger partial charge is 0.324 e. The molecule has 1 aliphatic heterocycles. The van der Waals surface area contributed by atoms with Crippen LogP contribution in [0.4, 0.5) is 16.3 Å². The number of benzene rings is 2. The third-order valence-corrected chi connectivity index (χ3v) is 6.52. The van der Waals surface area contributed by atoms with Gasteiger partial charge in [-0.3, -0.25) is 10.2 Å². The highest BCUT2D eigenvalue weighted by Gasteiger charge is 2.20. The van der Waals surface area contributed by atoms with E-state index in [1.54, 1.807) is 18.2 Å². The van der Waals surface area contributed by atoms with Gasteiger partial charge >= 0.3 is 6.03 Å². The number of anilines is 2. The number of aromatic nitrogens is 1. The van der Waals surface area contributed by atoms with E-state index in [2.05, 4.69) is 48.5 Å². The van der Waals surface area contributed by atoms with Crippen molar-refractivity contribution in [3.8, 4) is 17.6 Å². The van der Waals surface area contributed by atoms with Crippen LogP contribution in [0.2, 0.25) is 0 Å². The minimum absolute atomic E-state index is 0.185. The summed E-state index contributed by atoms with van der Waals surface area (Å²) >= 11 is 3.59. The Labute approximate surface area is 232 Å². The molecule has 0 spiro atoms. The first-order valence-corrected chi connectivity index (χ1v) is 13.5. The maximum atomic E-state index is 12.3. The van der Waals surface area contributed by atoms with Gasteiger partial charge in [-0.1, -0.05) is 37.8 Å². The third-order valence-electron chi connectivity index (χ3n) is 5.90. The first-order chi connectivity index (χ1) is 18.3. The number of carbonyl (C=O) groups is 1. The molecule has 1 aliphatic rings. The SMILES string of the molecule is CC(C)(C)c1cc(NC(=O)Nc2ccc(C#Cc3ccc(OCCCN4CCOCC4)c(Br)c3)cc2)no1. The van der Waals surface area contributed by atoms with Crippen LogP contribution in [-0.4, -0.2) is 55.5 Å². The van der Waals surface area contributed by atoms with Gasteiger partial charge in [0.1, 0.15) is 11.5 Å². The lowest BCUT2D eigenvalue weighted by molar-refractivity contribution is 0.0358. The van der Waals surface area contributed by atoms with E-state index >= 15 is 0 Å². The third kappa shape index (κ3) is 8.35. The summed E-state index contributed by atoms with van der Waals surface area (Å²) in [7, 11) is 0. The quantitative estimate of drug-likeness (QED) is 0.268. The lowest BCUT2D eigenvalue weighted by Crippen LogP contribution is -2.37.